The number of benzene rings is 2. The Morgan fingerprint density at radius 3 is 2.50 bits per heavy atom. The lowest BCUT2D eigenvalue weighted by atomic mass is 10.2. The van der Waals surface area contributed by atoms with Gasteiger partial charge in [-0.25, -0.2) is 9.78 Å². The van der Waals surface area contributed by atoms with Gasteiger partial charge in [0.1, 0.15) is 10.0 Å². The quantitative estimate of drug-likeness (QED) is 0.669. The molecule has 0 unspecified atom stereocenters. The van der Waals surface area contributed by atoms with Crippen LogP contribution in [0, 0.1) is 0 Å². The van der Waals surface area contributed by atoms with Crippen molar-refractivity contribution in [3.8, 4) is 10.6 Å². The van der Waals surface area contributed by atoms with E-state index >= 15 is 0 Å². The van der Waals surface area contributed by atoms with Crippen molar-refractivity contribution < 1.29 is 9.90 Å². The fraction of sp³-hybridized carbons (Fsp3) is 0. The zero-order valence-corrected chi connectivity index (χ0v) is 13.0. The minimum atomic E-state index is -0.925. The number of hydrogen-bond acceptors (Lipinski definition) is 5. The molecule has 1 aromatic heterocycles. The lowest BCUT2D eigenvalue weighted by Gasteiger charge is -2.03. The summed E-state index contributed by atoms with van der Waals surface area (Å²) in [4.78, 5) is 15.4. The fourth-order valence-electron chi connectivity index (χ4n) is 1.81. The molecule has 0 spiro atoms. The van der Waals surface area contributed by atoms with Crippen molar-refractivity contribution in [1.82, 2.24) is 4.98 Å². The van der Waals surface area contributed by atoms with E-state index in [1.807, 2.05) is 35.7 Å². The van der Waals surface area contributed by atoms with Gasteiger partial charge in [-0.15, -0.1) is 11.3 Å². The monoisotopic (exact) mass is 328 g/mol. The molecular weight excluding hydrogens is 316 g/mol. The second-order valence-electron chi connectivity index (χ2n) is 4.44. The highest BCUT2D eigenvalue weighted by atomic mass is 32.2. The number of carboxylic acid groups (broad SMARTS) is 1. The normalized spacial score (nSPS) is 10.4. The van der Waals surface area contributed by atoms with E-state index in [0.717, 1.165) is 21.3 Å². The van der Waals surface area contributed by atoms with Gasteiger partial charge in [0.25, 0.3) is 0 Å². The van der Waals surface area contributed by atoms with Gasteiger partial charge >= 0.3 is 5.97 Å². The molecule has 22 heavy (non-hydrogen) atoms. The number of rotatable bonds is 5. The van der Waals surface area contributed by atoms with E-state index in [1.54, 1.807) is 35.6 Å². The molecule has 0 aliphatic rings. The van der Waals surface area contributed by atoms with E-state index in [2.05, 4.69) is 9.71 Å². The SMILES string of the molecule is O=C(O)c1ccc(NSc2csc(-c3ccccc3)n2)cc1. The second-order valence-corrected chi connectivity index (χ2v) is 6.13. The van der Waals surface area contributed by atoms with Gasteiger partial charge in [-0.2, -0.15) is 0 Å². The number of carboxylic acids is 1. The number of nitrogens with one attached hydrogen (secondary N) is 1. The molecule has 0 saturated carbocycles. The van der Waals surface area contributed by atoms with E-state index in [1.165, 1.54) is 11.9 Å². The first kappa shape index (κ1) is 14.6. The molecule has 0 fully saturated rings. The van der Waals surface area contributed by atoms with Gasteiger partial charge in [-0.3, -0.25) is 0 Å². The Hall–Kier alpha value is -2.31. The molecule has 3 rings (SSSR count). The molecule has 3 aromatic rings. The molecule has 0 radical (unpaired) electrons. The largest absolute Gasteiger partial charge is 0.478 e. The molecule has 2 N–H and O–H groups in total. The van der Waals surface area contributed by atoms with E-state index < -0.39 is 5.97 Å². The van der Waals surface area contributed by atoms with Gasteiger partial charge in [0, 0.05) is 28.6 Å². The van der Waals surface area contributed by atoms with Gasteiger partial charge in [-0.05, 0) is 24.3 Å². The van der Waals surface area contributed by atoms with E-state index in [9.17, 15) is 4.79 Å². The van der Waals surface area contributed by atoms with Crippen LogP contribution in [0.5, 0.6) is 0 Å². The van der Waals surface area contributed by atoms with Crippen LogP contribution >= 0.6 is 23.3 Å². The van der Waals surface area contributed by atoms with Crippen LogP contribution in [-0.4, -0.2) is 16.1 Å². The summed E-state index contributed by atoms with van der Waals surface area (Å²) in [5.41, 5.74) is 2.21. The molecule has 0 aliphatic carbocycles. The lowest BCUT2D eigenvalue weighted by Crippen LogP contribution is -1.95. The lowest BCUT2D eigenvalue weighted by molar-refractivity contribution is 0.0697. The van der Waals surface area contributed by atoms with E-state index in [4.69, 9.17) is 5.11 Å². The molecule has 0 amide bonds. The van der Waals surface area contributed by atoms with Crippen LogP contribution in [0.15, 0.2) is 65.0 Å². The first-order valence-corrected chi connectivity index (χ1v) is 8.19. The number of anilines is 1. The molecule has 0 bridgehead atoms. The highest BCUT2D eigenvalue weighted by Gasteiger charge is 2.06. The molecule has 110 valence electrons. The predicted molar refractivity (Wildman–Crippen MR) is 90.4 cm³/mol. The third-order valence-electron chi connectivity index (χ3n) is 2.91. The van der Waals surface area contributed by atoms with Crippen molar-refractivity contribution in [2.45, 2.75) is 5.03 Å². The average molecular weight is 328 g/mol. The number of hydrogen-bond donors (Lipinski definition) is 2. The summed E-state index contributed by atoms with van der Waals surface area (Å²) in [6, 6.07) is 16.6. The molecular formula is C16H12N2O2S2. The molecule has 0 aliphatic heterocycles. The van der Waals surface area contributed by atoms with Crippen molar-refractivity contribution >= 4 is 34.9 Å². The summed E-state index contributed by atoms with van der Waals surface area (Å²) >= 11 is 3.00. The van der Waals surface area contributed by atoms with Crippen LogP contribution in [0.2, 0.25) is 0 Å². The first-order valence-electron chi connectivity index (χ1n) is 6.49. The summed E-state index contributed by atoms with van der Waals surface area (Å²) in [5.74, 6) is -0.925. The van der Waals surface area contributed by atoms with Crippen molar-refractivity contribution in [3.63, 3.8) is 0 Å². The molecule has 2 aromatic carbocycles. The topological polar surface area (TPSA) is 62.2 Å². The van der Waals surface area contributed by atoms with E-state index in [0.29, 0.717) is 0 Å². The zero-order valence-electron chi connectivity index (χ0n) is 11.4. The van der Waals surface area contributed by atoms with Crippen LogP contribution in [-0.2, 0) is 0 Å². The maximum Gasteiger partial charge on any atom is 0.335 e. The second kappa shape index (κ2) is 6.64. The Labute approximate surface area is 136 Å². The number of aromatic nitrogens is 1. The summed E-state index contributed by atoms with van der Waals surface area (Å²) < 4.78 is 3.16. The summed E-state index contributed by atoms with van der Waals surface area (Å²) in [6.07, 6.45) is 0. The number of nitrogens with zero attached hydrogens (tertiary/aromatic N) is 1. The average Bonchev–Trinajstić information content (AvgIpc) is 3.03. The minimum absolute atomic E-state index is 0.274. The van der Waals surface area contributed by atoms with Crippen molar-refractivity contribution in [1.29, 1.82) is 0 Å². The number of thiazole rings is 1. The Bertz CT molecular complexity index is 770. The minimum Gasteiger partial charge on any atom is -0.478 e. The van der Waals surface area contributed by atoms with Crippen LogP contribution in [0.3, 0.4) is 0 Å². The van der Waals surface area contributed by atoms with Gasteiger partial charge < -0.3 is 9.83 Å². The summed E-state index contributed by atoms with van der Waals surface area (Å²) in [6.45, 7) is 0. The zero-order chi connectivity index (χ0) is 15.4. The van der Waals surface area contributed by atoms with Crippen LogP contribution in [0.4, 0.5) is 5.69 Å². The summed E-state index contributed by atoms with van der Waals surface area (Å²) in [7, 11) is 0. The van der Waals surface area contributed by atoms with Gasteiger partial charge in [0.2, 0.25) is 0 Å². The van der Waals surface area contributed by atoms with E-state index in [-0.39, 0.29) is 5.56 Å². The molecule has 6 heteroatoms. The molecule has 1 heterocycles. The Morgan fingerprint density at radius 1 is 1.09 bits per heavy atom. The van der Waals surface area contributed by atoms with Gasteiger partial charge in [-0.1, -0.05) is 30.3 Å². The number of carbonyl (C=O) groups is 1. The van der Waals surface area contributed by atoms with Crippen molar-refractivity contribution in [3.05, 3.63) is 65.5 Å². The number of aromatic carboxylic acids is 1. The third kappa shape index (κ3) is 3.47. The predicted octanol–water partition coefficient (Wildman–Crippen LogP) is 4.63. The van der Waals surface area contributed by atoms with Crippen LogP contribution < -0.4 is 4.72 Å². The fourth-order valence-corrected chi connectivity index (χ4v) is 3.39. The Balaban J connectivity index is 1.65. The molecule has 0 atom stereocenters. The van der Waals surface area contributed by atoms with Crippen LogP contribution in [0.25, 0.3) is 10.6 Å². The molecule has 0 saturated heterocycles. The Kier molecular flexibility index (Phi) is 4.41. The maximum absolute atomic E-state index is 10.8. The highest BCUT2D eigenvalue weighted by molar-refractivity contribution is 8.00. The van der Waals surface area contributed by atoms with Gasteiger partial charge in [0.15, 0.2) is 0 Å². The van der Waals surface area contributed by atoms with Crippen LogP contribution in [0.1, 0.15) is 10.4 Å². The smallest absolute Gasteiger partial charge is 0.335 e. The molecule has 4 nitrogen and oxygen atoms in total. The van der Waals surface area contributed by atoms with Gasteiger partial charge in [0.05, 0.1) is 5.56 Å². The highest BCUT2D eigenvalue weighted by Crippen LogP contribution is 2.28. The van der Waals surface area contributed by atoms with Crippen molar-refractivity contribution in [2.75, 3.05) is 4.72 Å². The maximum atomic E-state index is 10.8. The Morgan fingerprint density at radius 2 is 1.82 bits per heavy atom. The summed E-state index contributed by atoms with van der Waals surface area (Å²) in [5, 5.41) is 12.7. The standard InChI is InChI=1S/C16H12N2O2S2/c19-16(20)12-6-8-13(9-7-12)18-22-14-10-21-15(17-14)11-4-2-1-3-5-11/h1-10,18H,(H,19,20). The first-order chi connectivity index (χ1) is 10.7. The van der Waals surface area contributed by atoms with Crippen molar-refractivity contribution in [2.24, 2.45) is 0 Å². The third-order valence-corrected chi connectivity index (χ3v) is 4.71.